The van der Waals surface area contributed by atoms with Crippen LogP contribution in [0.3, 0.4) is 0 Å². The molecule has 0 aromatic carbocycles. The van der Waals surface area contributed by atoms with Crippen molar-refractivity contribution in [2.75, 3.05) is 6.61 Å². The zero-order chi connectivity index (χ0) is 38.7. The lowest BCUT2D eigenvalue weighted by molar-refractivity contribution is -0.131. The summed E-state index contributed by atoms with van der Waals surface area (Å²) in [5, 5.41) is 33.4. The maximum Gasteiger partial charge on any atom is 0.249 e. The molecule has 0 rings (SSSR count). The highest BCUT2D eigenvalue weighted by atomic mass is 16.3. The number of unbranched alkanes of at least 4 members (excludes halogenated alkanes) is 37. The first kappa shape index (κ1) is 52.3. The molecule has 0 aliphatic heterocycles. The van der Waals surface area contributed by atoms with E-state index in [0.717, 1.165) is 32.1 Å². The minimum atomic E-state index is -1.07. The first-order valence-electron chi connectivity index (χ1n) is 24.3. The molecule has 3 atom stereocenters. The monoisotopic (exact) mass is 752 g/mol. The predicted molar refractivity (Wildman–Crippen MR) is 232 cm³/mol. The molecule has 0 aliphatic rings. The Labute approximate surface area is 332 Å². The Bertz CT molecular complexity index is 703. The molecule has 0 bridgehead atoms. The van der Waals surface area contributed by atoms with Gasteiger partial charge in [-0.3, -0.25) is 4.79 Å². The second-order valence-corrected chi connectivity index (χ2v) is 17.0. The highest BCUT2D eigenvalue weighted by Gasteiger charge is 2.23. The van der Waals surface area contributed by atoms with Crippen LogP contribution in [0.25, 0.3) is 0 Å². The first-order valence-corrected chi connectivity index (χ1v) is 24.3. The first-order chi connectivity index (χ1) is 26.1. The summed E-state index contributed by atoms with van der Waals surface area (Å²) in [6.07, 6.45) is 51.2. The van der Waals surface area contributed by atoms with Crippen molar-refractivity contribution < 1.29 is 20.1 Å². The van der Waals surface area contributed by atoms with Crippen LogP contribution in [0.2, 0.25) is 0 Å². The minimum Gasteiger partial charge on any atom is -0.394 e. The van der Waals surface area contributed by atoms with Gasteiger partial charge in [-0.2, -0.15) is 0 Å². The van der Waals surface area contributed by atoms with Crippen molar-refractivity contribution in [1.29, 1.82) is 0 Å². The number of hydrogen-bond donors (Lipinski definition) is 4. The lowest BCUT2D eigenvalue weighted by atomic mass is 10.0. The van der Waals surface area contributed by atoms with Crippen molar-refractivity contribution in [1.82, 2.24) is 5.32 Å². The summed E-state index contributed by atoms with van der Waals surface area (Å²) in [4.78, 5) is 12.5. The van der Waals surface area contributed by atoms with Crippen molar-refractivity contribution in [2.45, 2.75) is 295 Å². The standard InChI is InChI=1S/C48H97NO4/c1-3-5-7-9-11-13-15-17-19-21-22-23-24-25-26-27-29-31-33-35-37-39-41-43-47(52)48(53)49-45(44-50)46(51)42-40-38-36-34-32-30-28-20-18-16-14-12-10-8-6-4-2/h45-47,50-52H,3-44H2,1-2H3,(H,49,53). The number of hydrogen-bond acceptors (Lipinski definition) is 4. The van der Waals surface area contributed by atoms with E-state index in [4.69, 9.17) is 0 Å². The van der Waals surface area contributed by atoms with Crippen molar-refractivity contribution in [2.24, 2.45) is 0 Å². The Morgan fingerprint density at radius 1 is 0.377 bits per heavy atom. The van der Waals surface area contributed by atoms with Gasteiger partial charge in [-0.15, -0.1) is 0 Å². The third kappa shape index (κ3) is 39.4. The minimum absolute atomic E-state index is 0.308. The summed E-state index contributed by atoms with van der Waals surface area (Å²) in [6.45, 7) is 4.26. The zero-order valence-electron chi connectivity index (χ0n) is 36.2. The average Bonchev–Trinajstić information content (AvgIpc) is 3.16. The van der Waals surface area contributed by atoms with Gasteiger partial charge in [0.25, 0.3) is 0 Å². The Morgan fingerprint density at radius 2 is 0.604 bits per heavy atom. The van der Waals surface area contributed by atoms with Gasteiger partial charge >= 0.3 is 0 Å². The summed E-state index contributed by atoms with van der Waals surface area (Å²) in [5.74, 6) is -0.464. The molecule has 0 saturated heterocycles. The number of carbonyl (C=O) groups is 1. The van der Waals surface area contributed by atoms with Crippen molar-refractivity contribution in [3.05, 3.63) is 0 Å². The highest BCUT2D eigenvalue weighted by molar-refractivity contribution is 5.80. The Morgan fingerprint density at radius 3 is 0.849 bits per heavy atom. The molecule has 5 nitrogen and oxygen atoms in total. The molecule has 318 valence electrons. The van der Waals surface area contributed by atoms with Crippen LogP contribution in [-0.4, -0.2) is 46.1 Å². The topological polar surface area (TPSA) is 89.8 Å². The molecule has 0 aliphatic carbocycles. The maximum atomic E-state index is 12.5. The normalized spacial score (nSPS) is 13.4. The summed E-state index contributed by atoms with van der Waals surface area (Å²) < 4.78 is 0. The molecule has 0 aromatic rings. The van der Waals surface area contributed by atoms with E-state index in [0.29, 0.717) is 12.8 Å². The smallest absolute Gasteiger partial charge is 0.249 e. The van der Waals surface area contributed by atoms with Crippen LogP contribution in [0, 0.1) is 0 Å². The van der Waals surface area contributed by atoms with E-state index in [2.05, 4.69) is 19.2 Å². The Kier molecular flexibility index (Phi) is 43.5. The average molecular weight is 752 g/mol. The summed E-state index contributed by atoms with van der Waals surface area (Å²) >= 11 is 0. The Hall–Kier alpha value is -0.650. The summed E-state index contributed by atoms with van der Waals surface area (Å²) in [6, 6.07) is -0.706. The number of amides is 1. The second-order valence-electron chi connectivity index (χ2n) is 17.0. The van der Waals surface area contributed by atoms with E-state index < -0.39 is 24.2 Å². The van der Waals surface area contributed by atoms with E-state index in [-0.39, 0.29) is 6.61 Å². The lowest BCUT2D eigenvalue weighted by Crippen LogP contribution is -2.49. The van der Waals surface area contributed by atoms with Crippen LogP contribution in [0.4, 0.5) is 0 Å². The SMILES string of the molecule is CCCCCCCCCCCCCCCCCCCCCCCCCC(O)C(=O)NC(CO)C(O)CCCCCCCCCCCCCCCCCC. The van der Waals surface area contributed by atoms with Crippen molar-refractivity contribution in [3.8, 4) is 0 Å². The summed E-state index contributed by atoms with van der Waals surface area (Å²) in [7, 11) is 0. The van der Waals surface area contributed by atoms with Gasteiger partial charge in [0, 0.05) is 0 Å². The third-order valence-electron chi connectivity index (χ3n) is 11.7. The van der Waals surface area contributed by atoms with Gasteiger partial charge in [-0.25, -0.2) is 0 Å². The molecule has 1 amide bonds. The molecule has 53 heavy (non-hydrogen) atoms. The molecule has 0 heterocycles. The third-order valence-corrected chi connectivity index (χ3v) is 11.7. The molecule has 0 radical (unpaired) electrons. The van der Waals surface area contributed by atoms with Crippen LogP contribution >= 0.6 is 0 Å². The number of rotatable bonds is 45. The molecule has 5 heteroatoms. The van der Waals surface area contributed by atoms with Gasteiger partial charge in [0.15, 0.2) is 0 Å². The van der Waals surface area contributed by atoms with E-state index in [1.54, 1.807) is 0 Å². The quantitative estimate of drug-likeness (QED) is 0.0466. The Balaban J connectivity index is 3.53. The summed E-state index contributed by atoms with van der Waals surface area (Å²) in [5.41, 5.74) is 0. The fourth-order valence-electron chi connectivity index (χ4n) is 7.90. The van der Waals surface area contributed by atoms with E-state index in [9.17, 15) is 20.1 Å². The fourth-order valence-corrected chi connectivity index (χ4v) is 7.90. The molecule has 4 N–H and O–H groups in total. The van der Waals surface area contributed by atoms with Crippen LogP contribution in [0.1, 0.15) is 277 Å². The molecule has 0 aromatic heterocycles. The van der Waals surface area contributed by atoms with Gasteiger partial charge in [0.1, 0.15) is 6.10 Å². The zero-order valence-corrected chi connectivity index (χ0v) is 36.2. The maximum absolute atomic E-state index is 12.5. The van der Waals surface area contributed by atoms with Gasteiger partial charge in [0.05, 0.1) is 18.8 Å². The molecular formula is C48H97NO4. The van der Waals surface area contributed by atoms with Gasteiger partial charge < -0.3 is 20.6 Å². The van der Waals surface area contributed by atoms with Crippen LogP contribution < -0.4 is 5.32 Å². The number of aliphatic hydroxyl groups excluding tert-OH is 3. The van der Waals surface area contributed by atoms with Crippen LogP contribution in [0.5, 0.6) is 0 Å². The van der Waals surface area contributed by atoms with Gasteiger partial charge in [0.2, 0.25) is 5.91 Å². The van der Waals surface area contributed by atoms with E-state index in [1.807, 2.05) is 0 Å². The van der Waals surface area contributed by atoms with Crippen molar-refractivity contribution >= 4 is 5.91 Å². The molecule has 3 unspecified atom stereocenters. The van der Waals surface area contributed by atoms with Gasteiger partial charge in [-0.05, 0) is 12.8 Å². The van der Waals surface area contributed by atoms with E-state index in [1.165, 1.54) is 218 Å². The molecular weight excluding hydrogens is 655 g/mol. The van der Waals surface area contributed by atoms with Crippen LogP contribution in [0.15, 0.2) is 0 Å². The molecule has 0 saturated carbocycles. The van der Waals surface area contributed by atoms with Crippen molar-refractivity contribution in [3.63, 3.8) is 0 Å². The van der Waals surface area contributed by atoms with Gasteiger partial charge in [-0.1, -0.05) is 264 Å². The number of nitrogens with one attached hydrogen (secondary N) is 1. The predicted octanol–water partition coefficient (Wildman–Crippen LogP) is 14.2. The largest absolute Gasteiger partial charge is 0.394 e. The number of carbonyl (C=O) groups excluding carboxylic acids is 1. The molecule has 0 fully saturated rings. The van der Waals surface area contributed by atoms with Crippen LogP contribution in [-0.2, 0) is 4.79 Å². The number of aliphatic hydroxyl groups is 3. The lowest BCUT2D eigenvalue weighted by Gasteiger charge is -2.23. The van der Waals surface area contributed by atoms with E-state index >= 15 is 0 Å². The second kappa shape index (κ2) is 44.1. The highest BCUT2D eigenvalue weighted by Crippen LogP contribution is 2.18. The fraction of sp³-hybridized carbons (Fsp3) is 0.979. The molecule has 0 spiro atoms.